The third-order valence-corrected chi connectivity index (χ3v) is 7.43. The van der Waals surface area contributed by atoms with E-state index in [0.717, 1.165) is 21.9 Å². The highest BCUT2D eigenvalue weighted by atomic mass is 32.2. The lowest BCUT2D eigenvalue weighted by molar-refractivity contribution is 0.102. The number of aromatic nitrogens is 1. The monoisotopic (exact) mass is 509 g/mol. The molecule has 0 bridgehead atoms. The van der Waals surface area contributed by atoms with E-state index in [9.17, 15) is 13.2 Å². The summed E-state index contributed by atoms with van der Waals surface area (Å²) in [5.41, 5.74) is 2.42. The third kappa shape index (κ3) is 5.61. The molecule has 0 saturated heterocycles. The highest BCUT2D eigenvalue weighted by Crippen LogP contribution is 2.31. The van der Waals surface area contributed by atoms with Gasteiger partial charge in [0, 0.05) is 21.7 Å². The van der Waals surface area contributed by atoms with Crippen molar-refractivity contribution in [1.82, 2.24) is 4.98 Å². The van der Waals surface area contributed by atoms with Crippen molar-refractivity contribution in [3.05, 3.63) is 83.2 Å². The van der Waals surface area contributed by atoms with Gasteiger partial charge in [-0.1, -0.05) is 0 Å². The first-order chi connectivity index (χ1) is 16.8. The predicted molar refractivity (Wildman–Crippen MR) is 137 cm³/mol. The Balaban J connectivity index is 1.43. The second kappa shape index (κ2) is 10.2. The maximum absolute atomic E-state index is 12.7. The van der Waals surface area contributed by atoms with Crippen LogP contribution in [0.1, 0.15) is 15.2 Å². The van der Waals surface area contributed by atoms with Gasteiger partial charge in [0.25, 0.3) is 15.9 Å². The molecular formula is C25H23N3O5S2. The topological polar surface area (TPSA) is 107 Å². The number of nitrogens with zero attached hydrogens (tertiary/aromatic N) is 1. The maximum atomic E-state index is 12.7. The lowest BCUT2D eigenvalue weighted by Gasteiger charge is -2.09. The van der Waals surface area contributed by atoms with Crippen LogP contribution in [0.2, 0.25) is 0 Å². The molecule has 0 aliphatic heterocycles. The zero-order valence-electron chi connectivity index (χ0n) is 19.2. The second-order valence-corrected chi connectivity index (χ2v) is 10.4. The fourth-order valence-electron chi connectivity index (χ4n) is 3.29. The van der Waals surface area contributed by atoms with Gasteiger partial charge in [-0.25, -0.2) is 13.4 Å². The van der Waals surface area contributed by atoms with Crippen LogP contribution >= 0.6 is 11.3 Å². The maximum Gasteiger partial charge on any atom is 0.261 e. The van der Waals surface area contributed by atoms with Crippen LogP contribution in [0.25, 0.3) is 11.3 Å². The summed E-state index contributed by atoms with van der Waals surface area (Å²) in [5, 5.41) is 3.28. The van der Waals surface area contributed by atoms with E-state index in [1.165, 1.54) is 42.7 Å². The molecule has 1 heterocycles. The number of hydrogen-bond acceptors (Lipinski definition) is 7. The van der Waals surface area contributed by atoms with Crippen molar-refractivity contribution in [2.75, 3.05) is 24.3 Å². The van der Waals surface area contributed by atoms with E-state index in [1.54, 1.807) is 31.4 Å². The lowest BCUT2D eigenvalue weighted by Crippen LogP contribution is -2.14. The van der Waals surface area contributed by atoms with Crippen molar-refractivity contribution >= 4 is 38.1 Å². The lowest BCUT2D eigenvalue weighted by atomic mass is 10.1. The van der Waals surface area contributed by atoms with Crippen molar-refractivity contribution < 1.29 is 22.7 Å². The average molecular weight is 510 g/mol. The number of rotatable bonds is 8. The molecule has 0 spiro atoms. The van der Waals surface area contributed by atoms with Crippen molar-refractivity contribution in [2.24, 2.45) is 0 Å². The Bertz CT molecular complexity index is 1430. The van der Waals surface area contributed by atoms with Gasteiger partial charge in [-0.3, -0.25) is 14.8 Å². The summed E-state index contributed by atoms with van der Waals surface area (Å²) in [4.78, 5) is 18.3. The fourth-order valence-corrected chi connectivity index (χ4v) is 5.18. The molecule has 0 fully saturated rings. The number of sulfonamides is 1. The molecule has 4 rings (SSSR count). The van der Waals surface area contributed by atoms with Gasteiger partial charge in [0.2, 0.25) is 0 Å². The van der Waals surface area contributed by atoms with E-state index >= 15 is 0 Å². The molecule has 0 radical (unpaired) electrons. The normalized spacial score (nSPS) is 11.1. The quantitative estimate of drug-likeness (QED) is 0.339. The molecular weight excluding hydrogens is 486 g/mol. The molecule has 0 unspecified atom stereocenters. The number of aryl methyl sites for hydroxylation is 1. The van der Waals surface area contributed by atoms with Crippen molar-refractivity contribution in [1.29, 1.82) is 0 Å². The first-order valence-electron chi connectivity index (χ1n) is 10.5. The summed E-state index contributed by atoms with van der Waals surface area (Å²) >= 11 is 1.38. The number of amides is 1. The number of methoxy groups -OCH3 is 2. The number of hydrogen-bond donors (Lipinski definition) is 2. The summed E-state index contributed by atoms with van der Waals surface area (Å²) in [6, 6.07) is 19.8. The zero-order valence-corrected chi connectivity index (χ0v) is 20.9. The van der Waals surface area contributed by atoms with E-state index in [2.05, 4.69) is 15.0 Å². The highest BCUT2D eigenvalue weighted by molar-refractivity contribution is 7.92. The van der Waals surface area contributed by atoms with Crippen LogP contribution in [0.4, 0.5) is 10.8 Å². The van der Waals surface area contributed by atoms with Crippen LogP contribution in [-0.2, 0) is 10.0 Å². The first-order valence-corrected chi connectivity index (χ1v) is 12.8. The Labute approximate surface area is 207 Å². The van der Waals surface area contributed by atoms with E-state index in [0.29, 0.717) is 22.1 Å². The number of ether oxygens (including phenoxy) is 2. The second-order valence-electron chi connectivity index (χ2n) is 7.46. The smallest absolute Gasteiger partial charge is 0.261 e. The van der Waals surface area contributed by atoms with Gasteiger partial charge in [0.15, 0.2) is 5.13 Å². The van der Waals surface area contributed by atoms with Gasteiger partial charge >= 0.3 is 0 Å². The van der Waals surface area contributed by atoms with Crippen LogP contribution in [0.3, 0.4) is 0 Å². The summed E-state index contributed by atoms with van der Waals surface area (Å²) < 4.78 is 38.0. The molecule has 10 heteroatoms. The average Bonchev–Trinajstić information content (AvgIpc) is 3.24. The summed E-state index contributed by atoms with van der Waals surface area (Å²) in [6.07, 6.45) is 0. The Kier molecular flexibility index (Phi) is 7.04. The van der Waals surface area contributed by atoms with E-state index in [4.69, 9.17) is 9.47 Å². The van der Waals surface area contributed by atoms with Crippen LogP contribution < -0.4 is 19.5 Å². The van der Waals surface area contributed by atoms with Gasteiger partial charge in [0.05, 0.1) is 24.8 Å². The Morgan fingerprint density at radius 1 is 0.857 bits per heavy atom. The molecule has 8 nitrogen and oxygen atoms in total. The molecule has 4 aromatic rings. The van der Waals surface area contributed by atoms with Crippen LogP contribution in [-0.4, -0.2) is 33.5 Å². The van der Waals surface area contributed by atoms with Crippen molar-refractivity contribution in [3.8, 4) is 22.8 Å². The number of nitrogens with one attached hydrogen (secondary N) is 2. The first kappa shape index (κ1) is 24.2. The van der Waals surface area contributed by atoms with Crippen LogP contribution in [0.5, 0.6) is 11.5 Å². The van der Waals surface area contributed by atoms with Gasteiger partial charge in [0.1, 0.15) is 11.5 Å². The molecule has 0 saturated carbocycles. The SMILES string of the molecule is COc1ccc(-c2nc(NC(=O)c3ccc(NS(=O)(=O)c4ccc(OC)cc4)cc3)sc2C)cc1. The zero-order chi connectivity index (χ0) is 25.0. The molecule has 1 aromatic heterocycles. The molecule has 1 amide bonds. The number of carbonyl (C=O) groups is 1. The number of thiazole rings is 1. The van der Waals surface area contributed by atoms with E-state index in [1.807, 2.05) is 31.2 Å². The van der Waals surface area contributed by atoms with E-state index < -0.39 is 10.0 Å². The fraction of sp³-hybridized carbons (Fsp3) is 0.120. The molecule has 3 aromatic carbocycles. The number of anilines is 2. The van der Waals surface area contributed by atoms with Gasteiger partial charge in [-0.05, 0) is 79.7 Å². The highest BCUT2D eigenvalue weighted by Gasteiger charge is 2.16. The Morgan fingerprint density at radius 3 is 2.00 bits per heavy atom. The summed E-state index contributed by atoms with van der Waals surface area (Å²) in [6.45, 7) is 1.94. The van der Waals surface area contributed by atoms with Gasteiger partial charge in [-0.2, -0.15) is 0 Å². The molecule has 35 heavy (non-hydrogen) atoms. The largest absolute Gasteiger partial charge is 0.497 e. The predicted octanol–water partition coefficient (Wildman–Crippen LogP) is 5.19. The van der Waals surface area contributed by atoms with Gasteiger partial charge < -0.3 is 9.47 Å². The Morgan fingerprint density at radius 2 is 1.43 bits per heavy atom. The van der Waals surface area contributed by atoms with Crippen LogP contribution in [0, 0.1) is 6.92 Å². The standard InChI is InChI=1S/C25H23N3O5S2/c1-16-23(17-6-10-20(32-2)11-7-17)26-25(34-16)27-24(29)18-4-8-19(9-5-18)28-35(30,31)22-14-12-21(33-3)13-15-22/h4-15,28H,1-3H3,(H,26,27,29). The number of carbonyl (C=O) groups excluding carboxylic acids is 1. The molecule has 0 aliphatic rings. The van der Waals surface area contributed by atoms with Crippen LogP contribution in [0.15, 0.2) is 77.7 Å². The number of benzene rings is 3. The third-order valence-electron chi connectivity index (χ3n) is 5.15. The molecule has 0 aliphatic carbocycles. The Hall–Kier alpha value is -3.89. The summed E-state index contributed by atoms with van der Waals surface area (Å²) in [7, 11) is -0.656. The minimum absolute atomic E-state index is 0.104. The molecule has 2 N–H and O–H groups in total. The summed E-state index contributed by atoms with van der Waals surface area (Å²) in [5.74, 6) is 0.973. The van der Waals surface area contributed by atoms with Crippen molar-refractivity contribution in [3.63, 3.8) is 0 Å². The molecule has 0 atom stereocenters. The van der Waals surface area contributed by atoms with Crippen molar-refractivity contribution in [2.45, 2.75) is 11.8 Å². The minimum atomic E-state index is -3.78. The molecule has 180 valence electrons. The van der Waals surface area contributed by atoms with E-state index in [-0.39, 0.29) is 10.8 Å². The van der Waals surface area contributed by atoms with Gasteiger partial charge in [-0.15, -0.1) is 11.3 Å². The minimum Gasteiger partial charge on any atom is -0.497 e.